The first-order valence-corrected chi connectivity index (χ1v) is 8.84. The van der Waals surface area contributed by atoms with E-state index in [1.165, 1.54) is 18.2 Å². The van der Waals surface area contributed by atoms with Crippen LogP contribution in [0.5, 0.6) is 0 Å². The lowest BCUT2D eigenvalue weighted by atomic mass is 10.2. The molecule has 26 heavy (non-hydrogen) atoms. The van der Waals surface area contributed by atoms with Crippen LogP contribution in [-0.2, 0) is 6.54 Å². The van der Waals surface area contributed by atoms with E-state index in [1.807, 2.05) is 30.3 Å². The van der Waals surface area contributed by atoms with Crippen LogP contribution in [-0.4, -0.2) is 16.0 Å². The lowest BCUT2D eigenvalue weighted by Gasteiger charge is -2.11. The van der Waals surface area contributed by atoms with Crippen molar-refractivity contribution in [2.75, 3.05) is 5.32 Å². The van der Waals surface area contributed by atoms with Crippen LogP contribution in [0, 0.1) is 12.7 Å². The maximum absolute atomic E-state index is 13.3. The lowest BCUT2D eigenvalue weighted by molar-refractivity contribution is 0.0954. The molecule has 3 rings (SSSR count). The number of thiazole rings is 1. The fraction of sp³-hybridized carbons (Fsp3) is 0.158. The Morgan fingerprint density at radius 2 is 2.00 bits per heavy atom. The number of aliphatic hydroxyl groups excluding tert-OH is 1. The van der Waals surface area contributed by atoms with E-state index in [1.54, 1.807) is 13.0 Å². The molecule has 0 spiro atoms. The third-order valence-corrected chi connectivity index (χ3v) is 4.81. The molecule has 1 unspecified atom stereocenters. The van der Waals surface area contributed by atoms with E-state index < -0.39 is 12.0 Å². The second-order valence-electron chi connectivity index (χ2n) is 5.70. The van der Waals surface area contributed by atoms with Gasteiger partial charge in [0, 0.05) is 12.1 Å². The lowest BCUT2D eigenvalue weighted by Crippen LogP contribution is -2.22. The molecule has 3 N–H and O–H groups in total. The number of aliphatic hydroxyl groups is 1. The molecule has 2 aromatic carbocycles. The molecule has 0 fully saturated rings. The number of amides is 1. The number of aryl methyl sites for hydroxylation is 1. The van der Waals surface area contributed by atoms with E-state index >= 15 is 0 Å². The number of nitrogens with one attached hydrogen (secondary N) is 2. The van der Waals surface area contributed by atoms with Crippen LogP contribution in [0.25, 0.3) is 0 Å². The molecule has 0 aliphatic heterocycles. The molecule has 1 amide bonds. The van der Waals surface area contributed by atoms with Gasteiger partial charge in [-0.1, -0.05) is 53.8 Å². The number of anilines is 1. The number of halogens is 1. The fourth-order valence-electron chi connectivity index (χ4n) is 2.40. The monoisotopic (exact) mass is 371 g/mol. The van der Waals surface area contributed by atoms with Crippen molar-refractivity contribution >= 4 is 22.4 Å². The molecular formula is C19H18FN3O2S. The largest absolute Gasteiger partial charge is 0.369 e. The van der Waals surface area contributed by atoms with Crippen LogP contribution in [0.15, 0.2) is 54.6 Å². The van der Waals surface area contributed by atoms with Crippen LogP contribution < -0.4 is 10.6 Å². The summed E-state index contributed by atoms with van der Waals surface area (Å²) in [4.78, 5) is 17.1. The zero-order chi connectivity index (χ0) is 18.5. The van der Waals surface area contributed by atoms with Gasteiger partial charge in [0.15, 0.2) is 11.4 Å². The van der Waals surface area contributed by atoms with Gasteiger partial charge in [-0.15, -0.1) is 0 Å². The maximum atomic E-state index is 13.3. The Balaban J connectivity index is 1.65. The Morgan fingerprint density at radius 1 is 1.23 bits per heavy atom. The summed E-state index contributed by atoms with van der Waals surface area (Å²) in [5.41, 5.74) is 1.95. The van der Waals surface area contributed by atoms with Crippen molar-refractivity contribution in [3.63, 3.8) is 0 Å². The number of aromatic nitrogens is 1. The SMILES string of the molecule is Cc1nc(NC(O)c2cccc(F)c2)sc1C(=O)NCc1ccccc1. The fourth-order valence-corrected chi connectivity index (χ4v) is 3.31. The molecule has 0 radical (unpaired) electrons. The van der Waals surface area contributed by atoms with E-state index in [-0.39, 0.29) is 5.91 Å². The molecular weight excluding hydrogens is 353 g/mol. The zero-order valence-electron chi connectivity index (χ0n) is 14.1. The number of nitrogens with zero attached hydrogens (tertiary/aromatic N) is 1. The molecule has 0 bridgehead atoms. The second-order valence-corrected chi connectivity index (χ2v) is 6.70. The smallest absolute Gasteiger partial charge is 0.263 e. The Bertz CT molecular complexity index is 899. The van der Waals surface area contributed by atoms with Crippen molar-refractivity contribution in [1.29, 1.82) is 0 Å². The standard InChI is InChI=1S/C19H18FN3O2S/c1-12-16(18(25)21-11-13-6-3-2-4-7-13)26-19(22-12)23-17(24)14-8-5-9-15(20)10-14/h2-10,17,24H,11H2,1H3,(H,21,25)(H,22,23). The molecule has 1 atom stereocenters. The third kappa shape index (κ3) is 4.44. The molecule has 5 nitrogen and oxygen atoms in total. The molecule has 0 aliphatic carbocycles. The number of rotatable bonds is 6. The summed E-state index contributed by atoms with van der Waals surface area (Å²) in [6.07, 6.45) is -1.11. The third-order valence-electron chi connectivity index (χ3n) is 3.72. The predicted molar refractivity (Wildman–Crippen MR) is 99.4 cm³/mol. The van der Waals surface area contributed by atoms with Gasteiger partial charge in [-0.2, -0.15) is 0 Å². The van der Waals surface area contributed by atoms with Gasteiger partial charge in [-0.3, -0.25) is 4.79 Å². The minimum Gasteiger partial charge on any atom is -0.369 e. The number of hydrogen-bond donors (Lipinski definition) is 3. The Labute approximate surface area is 154 Å². The molecule has 1 heterocycles. The van der Waals surface area contributed by atoms with E-state index in [9.17, 15) is 14.3 Å². The molecule has 0 saturated heterocycles. The van der Waals surface area contributed by atoms with Crippen LogP contribution in [0.1, 0.15) is 32.7 Å². The Kier molecular flexibility index (Phi) is 5.60. The van der Waals surface area contributed by atoms with Crippen molar-refractivity contribution in [3.05, 3.63) is 82.1 Å². The Hall–Kier alpha value is -2.77. The van der Waals surface area contributed by atoms with E-state index in [0.29, 0.717) is 27.8 Å². The minimum absolute atomic E-state index is 0.225. The summed E-state index contributed by atoms with van der Waals surface area (Å²) in [5.74, 6) is -0.656. The van der Waals surface area contributed by atoms with Gasteiger partial charge in [-0.05, 0) is 24.6 Å². The van der Waals surface area contributed by atoms with Gasteiger partial charge in [0.1, 0.15) is 10.7 Å². The number of hydrogen-bond acceptors (Lipinski definition) is 5. The van der Waals surface area contributed by atoms with Gasteiger partial charge in [-0.25, -0.2) is 9.37 Å². The summed E-state index contributed by atoms with van der Waals surface area (Å²) in [6.45, 7) is 2.15. The van der Waals surface area contributed by atoms with Gasteiger partial charge < -0.3 is 15.7 Å². The van der Waals surface area contributed by atoms with Crippen molar-refractivity contribution in [2.45, 2.75) is 19.7 Å². The van der Waals surface area contributed by atoms with E-state index in [0.717, 1.165) is 16.9 Å². The predicted octanol–water partition coefficient (Wildman–Crippen LogP) is 3.62. The molecule has 1 aromatic heterocycles. The zero-order valence-corrected chi connectivity index (χ0v) is 14.9. The first-order valence-electron chi connectivity index (χ1n) is 8.02. The first kappa shape index (κ1) is 18.0. The number of carbonyl (C=O) groups is 1. The summed E-state index contributed by atoms with van der Waals surface area (Å²) in [6, 6.07) is 15.3. The van der Waals surface area contributed by atoms with E-state index in [4.69, 9.17) is 0 Å². The summed E-state index contributed by atoms with van der Waals surface area (Å²) >= 11 is 1.14. The van der Waals surface area contributed by atoms with Crippen molar-refractivity contribution in [1.82, 2.24) is 10.3 Å². The molecule has 3 aromatic rings. The highest BCUT2D eigenvalue weighted by atomic mass is 32.1. The topological polar surface area (TPSA) is 74.2 Å². The average molecular weight is 371 g/mol. The average Bonchev–Trinajstić information content (AvgIpc) is 3.01. The molecule has 7 heteroatoms. The minimum atomic E-state index is -1.11. The van der Waals surface area contributed by atoms with Crippen LogP contribution >= 0.6 is 11.3 Å². The summed E-state index contributed by atoms with van der Waals surface area (Å²) in [7, 11) is 0. The van der Waals surface area contributed by atoms with Crippen molar-refractivity contribution in [2.24, 2.45) is 0 Å². The summed E-state index contributed by atoms with van der Waals surface area (Å²) < 4.78 is 13.3. The van der Waals surface area contributed by atoms with Crippen LogP contribution in [0.3, 0.4) is 0 Å². The number of benzene rings is 2. The van der Waals surface area contributed by atoms with Crippen molar-refractivity contribution < 1.29 is 14.3 Å². The number of carbonyl (C=O) groups excluding carboxylic acids is 1. The summed E-state index contributed by atoms with van der Waals surface area (Å²) in [5, 5.41) is 16.2. The highest BCUT2D eigenvalue weighted by Crippen LogP contribution is 2.26. The van der Waals surface area contributed by atoms with Gasteiger partial charge in [0.05, 0.1) is 5.69 Å². The van der Waals surface area contributed by atoms with Gasteiger partial charge in [0.2, 0.25) is 0 Å². The molecule has 0 saturated carbocycles. The molecule has 134 valence electrons. The molecule has 0 aliphatic rings. The van der Waals surface area contributed by atoms with Gasteiger partial charge >= 0.3 is 0 Å². The van der Waals surface area contributed by atoms with Crippen molar-refractivity contribution in [3.8, 4) is 0 Å². The van der Waals surface area contributed by atoms with Crippen LogP contribution in [0.4, 0.5) is 9.52 Å². The second kappa shape index (κ2) is 8.07. The first-order chi connectivity index (χ1) is 12.5. The quantitative estimate of drug-likeness (QED) is 0.579. The highest BCUT2D eigenvalue weighted by Gasteiger charge is 2.17. The normalized spacial score (nSPS) is 11.8. The van der Waals surface area contributed by atoms with E-state index in [2.05, 4.69) is 15.6 Å². The van der Waals surface area contributed by atoms with Crippen LogP contribution in [0.2, 0.25) is 0 Å². The maximum Gasteiger partial charge on any atom is 0.263 e. The van der Waals surface area contributed by atoms with Gasteiger partial charge in [0.25, 0.3) is 5.91 Å². The highest BCUT2D eigenvalue weighted by molar-refractivity contribution is 7.17. The Morgan fingerprint density at radius 3 is 2.73 bits per heavy atom.